The van der Waals surface area contributed by atoms with E-state index in [0.717, 1.165) is 46.5 Å². The van der Waals surface area contributed by atoms with E-state index in [4.69, 9.17) is 15.5 Å². The molecule has 1 amide bonds. The average molecular weight is 392 g/mol. The Hall–Kier alpha value is -3.18. The summed E-state index contributed by atoms with van der Waals surface area (Å²) in [5.41, 5.74) is 10.2. The molecule has 1 aliphatic carbocycles. The highest BCUT2D eigenvalue weighted by Gasteiger charge is 2.51. The van der Waals surface area contributed by atoms with Gasteiger partial charge < -0.3 is 15.8 Å². The second kappa shape index (κ2) is 7.68. The van der Waals surface area contributed by atoms with Gasteiger partial charge in [-0.1, -0.05) is 42.5 Å². The van der Waals surface area contributed by atoms with Crippen molar-refractivity contribution in [2.24, 2.45) is 5.73 Å². The smallest absolute Gasteiger partial charge is 0.236 e. The van der Waals surface area contributed by atoms with Gasteiger partial charge in [-0.2, -0.15) is 0 Å². The minimum absolute atomic E-state index is 0. The van der Waals surface area contributed by atoms with Gasteiger partial charge in [0.05, 0.1) is 18.2 Å². The van der Waals surface area contributed by atoms with E-state index in [9.17, 15) is 4.79 Å². The van der Waals surface area contributed by atoms with Gasteiger partial charge in [0.15, 0.2) is 0 Å². The monoisotopic (exact) mass is 391 g/mol. The van der Waals surface area contributed by atoms with Gasteiger partial charge in [0, 0.05) is 15.0 Å². The van der Waals surface area contributed by atoms with Crippen molar-refractivity contribution in [1.82, 2.24) is 4.98 Å². The number of carbonyl (C=O) groups is 1. The van der Waals surface area contributed by atoms with Gasteiger partial charge in [0.25, 0.3) is 0 Å². The second-order valence-electron chi connectivity index (χ2n) is 7.53. The van der Waals surface area contributed by atoms with Gasteiger partial charge in [0.2, 0.25) is 5.91 Å². The molecule has 1 heterocycles. The molecule has 0 unspecified atom stereocenters. The van der Waals surface area contributed by atoms with Crippen LogP contribution in [0.2, 0.25) is 0 Å². The number of benzene rings is 2. The lowest BCUT2D eigenvalue weighted by molar-refractivity contribution is -0.118. The number of carbonyl (C=O) groups excluding carboxylic acids is 1. The third-order valence-corrected chi connectivity index (χ3v) is 5.63. The van der Waals surface area contributed by atoms with Crippen molar-refractivity contribution in [2.45, 2.75) is 31.7 Å². The van der Waals surface area contributed by atoms with E-state index in [1.54, 1.807) is 7.11 Å². The summed E-state index contributed by atoms with van der Waals surface area (Å²) in [4.78, 5) is 17.8. The largest absolute Gasteiger partial charge is 0.497 e. The van der Waals surface area contributed by atoms with Crippen LogP contribution in [0.25, 0.3) is 11.3 Å². The number of ether oxygens (including phenoxy) is 1. The van der Waals surface area contributed by atoms with E-state index in [-0.39, 0.29) is 8.76 Å². The van der Waals surface area contributed by atoms with Gasteiger partial charge in [0.1, 0.15) is 11.6 Å². The van der Waals surface area contributed by atoms with E-state index in [1.165, 1.54) is 0 Å². The van der Waals surface area contributed by atoms with E-state index in [2.05, 4.69) is 5.32 Å². The summed E-state index contributed by atoms with van der Waals surface area (Å²) in [7, 11) is 1.64. The van der Waals surface area contributed by atoms with Crippen LogP contribution in [-0.4, -0.2) is 18.0 Å². The SMILES string of the molecule is COc1ccc(C2(C(=O)Nc3ccc(C)c(-c4ccc(CN)cc4)n3)CC2)cc1.[HH].[HH]. The molecule has 3 N–H and O–H groups in total. The van der Waals surface area contributed by atoms with Crippen molar-refractivity contribution in [3.8, 4) is 17.0 Å². The lowest BCUT2D eigenvalue weighted by Crippen LogP contribution is -2.28. The van der Waals surface area contributed by atoms with Gasteiger partial charge in [-0.3, -0.25) is 4.79 Å². The summed E-state index contributed by atoms with van der Waals surface area (Å²) in [6.45, 7) is 2.53. The minimum atomic E-state index is -0.470. The Morgan fingerprint density at radius 2 is 1.79 bits per heavy atom. The number of pyridine rings is 1. The van der Waals surface area contributed by atoms with E-state index >= 15 is 0 Å². The van der Waals surface area contributed by atoms with Crippen LogP contribution in [0.4, 0.5) is 5.82 Å². The molecule has 2 aromatic carbocycles. The molecular weight excluding hydrogens is 362 g/mol. The molecule has 1 fully saturated rings. The molecule has 1 aliphatic rings. The quantitative estimate of drug-likeness (QED) is 0.639. The van der Waals surface area contributed by atoms with Crippen LogP contribution in [0.15, 0.2) is 60.7 Å². The number of hydrogen-bond donors (Lipinski definition) is 2. The summed E-state index contributed by atoms with van der Waals surface area (Å²) < 4.78 is 5.22. The van der Waals surface area contributed by atoms with Crippen molar-refractivity contribution in [1.29, 1.82) is 0 Å². The van der Waals surface area contributed by atoms with Crippen molar-refractivity contribution >= 4 is 11.7 Å². The standard InChI is InChI=1S/C24H25N3O2.2H2/c1-16-3-12-21(26-22(16)18-6-4-17(15-25)5-7-18)27-23(28)24(13-14-24)19-8-10-20(29-2)11-9-19;;/h3-12H,13-15,25H2,1-2H3,(H,26,27,28);2*1H. The molecule has 0 aliphatic heterocycles. The first-order chi connectivity index (χ1) is 14.1. The summed E-state index contributed by atoms with van der Waals surface area (Å²) >= 11 is 0. The highest BCUT2D eigenvalue weighted by molar-refractivity contribution is 6.01. The van der Waals surface area contributed by atoms with Crippen LogP contribution in [0.3, 0.4) is 0 Å². The van der Waals surface area contributed by atoms with Gasteiger partial charge >= 0.3 is 0 Å². The molecule has 0 atom stereocenters. The molecule has 0 spiro atoms. The Bertz CT molecular complexity index is 1030. The highest BCUT2D eigenvalue weighted by atomic mass is 16.5. The molecule has 1 aromatic heterocycles. The number of rotatable bonds is 6. The molecule has 5 heteroatoms. The van der Waals surface area contributed by atoms with Crippen LogP contribution in [0.1, 0.15) is 32.4 Å². The number of nitrogens with one attached hydrogen (secondary N) is 1. The Balaban J connectivity index is 0.00000171. The number of aromatic nitrogens is 1. The summed E-state index contributed by atoms with van der Waals surface area (Å²) in [6.07, 6.45) is 1.68. The maximum Gasteiger partial charge on any atom is 0.236 e. The topological polar surface area (TPSA) is 77.2 Å². The Morgan fingerprint density at radius 3 is 2.38 bits per heavy atom. The molecule has 0 bridgehead atoms. The minimum Gasteiger partial charge on any atom is -0.497 e. The molecule has 0 saturated heterocycles. The van der Waals surface area contributed by atoms with Gasteiger partial charge in [-0.05, 0) is 54.7 Å². The number of nitrogens with two attached hydrogens (primary N) is 1. The number of aryl methyl sites for hydroxylation is 1. The molecule has 152 valence electrons. The van der Waals surface area contributed by atoms with Crippen LogP contribution < -0.4 is 15.8 Å². The molecule has 5 nitrogen and oxygen atoms in total. The lowest BCUT2D eigenvalue weighted by Gasteiger charge is -2.17. The van der Waals surface area contributed by atoms with Crippen LogP contribution in [0, 0.1) is 6.92 Å². The Kier molecular flexibility index (Phi) is 5.07. The highest BCUT2D eigenvalue weighted by Crippen LogP contribution is 2.49. The normalized spacial score (nSPS) is 14.3. The number of anilines is 1. The van der Waals surface area contributed by atoms with E-state index < -0.39 is 5.41 Å². The number of methoxy groups -OCH3 is 1. The molecule has 29 heavy (non-hydrogen) atoms. The van der Waals surface area contributed by atoms with Crippen molar-refractivity contribution in [2.75, 3.05) is 12.4 Å². The molecule has 4 rings (SSSR count). The number of amides is 1. The predicted octanol–water partition coefficient (Wildman–Crippen LogP) is 4.69. The van der Waals surface area contributed by atoms with Crippen molar-refractivity contribution < 1.29 is 12.4 Å². The number of nitrogens with zero attached hydrogens (tertiary/aromatic N) is 1. The molecule has 0 radical (unpaired) electrons. The Labute approximate surface area is 173 Å². The summed E-state index contributed by atoms with van der Waals surface area (Å²) in [5.74, 6) is 1.34. The summed E-state index contributed by atoms with van der Waals surface area (Å²) in [5, 5.41) is 3.03. The van der Waals surface area contributed by atoms with Crippen LogP contribution in [0.5, 0.6) is 5.75 Å². The van der Waals surface area contributed by atoms with E-state index in [0.29, 0.717) is 12.4 Å². The first-order valence-electron chi connectivity index (χ1n) is 9.79. The first kappa shape index (κ1) is 19.2. The van der Waals surface area contributed by atoms with E-state index in [1.807, 2.05) is 67.6 Å². The maximum atomic E-state index is 13.1. The molecular formula is C24H29N3O2. The van der Waals surface area contributed by atoms with Gasteiger partial charge in [-0.15, -0.1) is 0 Å². The predicted molar refractivity (Wildman–Crippen MR) is 119 cm³/mol. The van der Waals surface area contributed by atoms with Crippen LogP contribution in [-0.2, 0) is 16.8 Å². The average Bonchev–Trinajstić information content (AvgIpc) is 3.57. The Morgan fingerprint density at radius 1 is 1.10 bits per heavy atom. The van der Waals surface area contributed by atoms with Crippen LogP contribution >= 0.6 is 0 Å². The first-order valence-corrected chi connectivity index (χ1v) is 9.79. The maximum absolute atomic E-state index is 13.1. The third kappa shape index (κ3) is 3.74. The van der Waals surface area contributed by atoms with Gasteiger partial charge in [-0.25, -0.2) is 4.98 Å². The zero-order valence-corrected chi connectivity index (χ0v) is 16.7. The molecule has 1 saturated carbocycles. The fraction of sp³-hybridized carbons (Fsp3) is 0.250. The fourth-order valence-corrected chi connectivity index (χ4v) is 3.61. The van der Waals surface area contributed by atoms with Crippen molar-refractivity contribution in [3.05, 3.63) is 77.4 Å². The van der Waals surface area contributed by atoms with Crippen molar-refractivity contribution in [3.63, 3.8) is 0 Å². The zero-order valence-electron chi connectivity index (χ0n) is 16.7. The molecule has 3 aromatic rings. The number of hydrogen-bond acceptors (Lipinski definition) is 4. The summed E-state index contributed by atoms with van der Waals surface area (Å²) in [6, 6.07) is 19.6. The third-order valence-electron chi connectivity index (χ3n) is 5.63. The fourth-order valence-electron chi connectivity index (χ4n) is 3.61. The zero-order chi connectivity index (χ0) is 20.4. The lowest BCUT2D eigenvalue weighted by atomic mass is 9.95. The second-order valence-corrected chi connectivity index (χ2v) is 7.53.